The lowest BCUT2D eigenvalue weighted by Crippen LogP contribution is -1.93. The van der Waals surface area contributed by atoms with Crippen LogP contribution in [-0.2, 0) is 0 Å². The molecule has 0 aromatic heterocycles. The molecule has 0 amide bonds. The Bertz CT molecular complexity index is 196. The van der Waals surface area contributed by atoms with Gasteiger partial charge < -0.3 is 0 Å². The molecule has 0 spiro atoms. The standard InChI is InChI=1S/C6H7N3/c1-6-8-4-2-7-3-5-9-6/h2-4,6H,1H3/t6-/m1/s1. The zero-order chi connectivity index (χ0) is 6.53. The topological polar surface area (TPSA) is 37.1 Å². The molecule has 1 rings (SSSR count). The van der Waals surface area contributed by atoms with Crippen LogP contribution in [0.15, 0.2) is 21.2 Å². The molecular formula is C6H7N3. The first-order chi connectivity index (χ1) is 4.39. The van der Waals surface area contributed by atoms with Gasteiger partial charge in [0.25, 0.3) is 0 Å². The van der Waals surface area contributed by atoms with Crippen LogP contribution < -0.4 is 0 Å². The fourth-order valence-electron chi connectivity index (χ4n) is 0.452. The minimum atomic E-state index is -0.0204. The van der Waals surface area contributed by atoms with Crippen molar-refractivity contribution in [1.29, 1.82) is 0 Å². The van der Waals surface area contributed by atoms with Gasteiger partial charge in [-0.1, -0.05) is 0 Å². The molecule has 1 heterocycles. The molecule has 0 radical (unpaired) electrons. The number of hydrogen-bond acceptors (Lipinski definition) is 3. The summed E-state index contributed by atoms with van der Waals surface area (Å²) in [5, 5.41) is 0. The summed E-state index contributed by atoms with van der Waals surface area (Å²) >= 11 is 0. The third-order valence-electron chi connectivity index (χ3n) is 0.848. The van der Waals surface area contributed by atoms with E-state index < -0.39 is 0 Å². The molecule has 0 fully saturated rings. The average molecular weight is 121 g/mol. The van der Waals surface area contributed by atoms with E-state index in [1.165, 1.54) is 6.20 Å². The van der Waals surface area contributed by atoms with Gasteiger partial charge in [0.05, 0.1) is 6.20 Å². The Morgan fingerprint density at radius 2 is 2.33 bits per heavy atom. The van der Waals surface area contributed by atoms with Crippen molar-refractivity contribution in [2.45, 2.75) is 13.1 Å². The number of aliphatic imine (C=N–C) groups is 3. The molecule has 1 aliphatic heterocycles. The summed E-state index contributed by atoms with van der Waals surface area (Å²) in [6.45, 7) is 1.89. The van der Waals surface area contributed by atoms with E-state index in [1.807, 2.05) is 6.92 Å². The highest BCUT2D eigenvalue weighted by molar-refractivity contribution is 6.16. The lowest BCUT2D eigenvalue weighted by molar-refractivity contribution is 0.806. The molecule has 3 nitrogen and oxygen atoms in total. The molecule has 0 aliphatic carbocycles. The molecule has 0 bridgehead atoms. The van der Waals surface area contributed by atoms with Crippen molar-refractivity contribution in [3.63, 3.8) is 0 Å². The highest BCUT2D eigenvalue weighted by Crippen LogP contribution is 1.87. The molecule has 0 aromatic carbocycles. The highest BCUT2D eigenvalue weighted by atomic mass is 15.0. The second-order valence-electron chi connectivity index (χ2n) is 1.62. The van der Waals surface area contributed by atoms with Crippen LogP contribution in [0.25, 0.3) is 0 Å². The molecule has 1 atom stereocenters. The number of nitrogens with zero attached hydrogens (tertiary/aromatic N) is 3. The van der Waals surface area contributed by atoms with Gasteiger partial charge in [-0.15, -0.1) is 0 Å². The first-order valence-corrected chi connectivity index (χ1v) is 2.71. The largest absolute Gasteiger partial charge is 0.264 e. The molecule has 0 unspecified atom stereocenters. The van der Waals surface area contributed by atoms with E-state index in [0.29, 0.717) is 0 Å². The Kier molecular flexibility index (Phi) is 1.94. The van der Waals surface area contributed by atoms with Crippen molar-refractivity contribution in [1.82, 2.24) is 0 Å². The van der Waals surface area contributed by atoms with Gasteiger partial charge in [-0.05, 0) is 6.92 Å². The Morgan fingerprint density at radius 3 is 3.22 bits per heavy atom. The fourth-order valence-corrected chi connectivity index (χ4v) is 0.452. The third-order valence-corrected chi connectivity index (χ3v) is 0.848. The van der Waals surface area contributed by atoms with Gasteiger partial charge in [-0.25, -0.2) is 4.99 Å². The van der Waals surface area contributed by atoms with E-state index in [4.69, 9.17) is 0 Å². The molecule has 0 saturated carbocycles. The second-order valence-corrected chi connectivity index (χ2v) is 1.62. The van der Waals surface area contributed by atoms with Crippen LogP contribution in [0.5, 0.6) is 0 Å². The Labute approximate surface area is 53.6 Å². The van der Waals surface area contributed by atoms with Crippen molar-refractivity contribution in [3.8, 4) is 0 Å². The van der Waals surface area contributed by atoms with Crippen molar-refractivity contribution in [2.75, 3.05) is 0 Å². The molecule has 0 N–H and O–H groups in total. The van der Waals surface area contributed by atoms with Crippen molar-refractivity contribution in [2.24, 2.45) is 15.0 Å². The van der Waals surface area contributed by atoms with Gasteiger partial charge in [0, 0.05) is 18.3 Å². The van der Waals surface area contributed by atoms with Crippen LogP contribution >= 0.6 is 0 Å². The van der Waals surface area contributed by atoms with E-state index in [9.17, 15) is 0 Å². The SMILES string of the molecule is C[C@H]1N=C=CN=CC=N1. The van der Waals surface area contributed by atoms with E-state index in [1.54, 1.807) is 12.4 Å². The Morgan fingerprint density at radius 1 is 1.44 bits per heavy atom. The minimum absolute atomic E-state index is 0.0204. The lowest BCUT2D eigenvalue weighted by Gasteiger charge is -1.92. The summed E-state index contributed by atoms with van der Waals surface area (Å²) < 4.78 is 0. The molecule has 9 heavy (non-hydrogen) atoms. The number of hydrogen-bond donors (Lipinski definition) is 0. The van der Waals surface area contributed by atoms with E-state index in [2.05, 4.69) is 20.8 Å². The summed E-state index contributed by atoms with van der Waals surface area (Å²) in [7, 11) is 0. The van der Waals surface area contributed by atoms with E-state index >= 15 is 0 Å². The minimum Gasteiger partial charge on any atom is -0.264 e. The van der Waals surface area contributed by atoms with Crippen LogP contribution in [0.4, 0.5) is 0 Å². The summed E-state index contributed by atoms with van der Waals surface area (Å²) in [5.41, 5.74) is 0. The lowest BCUT2D eigenvalue weighted by atomic mass is 10.6. The maximum absolute atomic E-state index is 3.96. The van der Waals surface area contributed by atoms with Gasteiger partial charge in [0.15, 0.2) is 0 Å². The van der Waals surface area contributed by atoms with Crippen molar-refractivity contribution >= 4 is 18.3 Å². The van der Waals surface area contributed by atoms with Crippen LogP contribution in [0.3, 0.4) is 0 Å². The maximum Gasteiger partial charge on any atom is 0.146 e. The smallest absolute Gasteiger partial charge is 0.146 e. The van der Waals surface area contributed by atoms with Crippen LogP contribution in [-0.4, -0.2) is 24.5 Å². The molecule has 1 aliphatic rings. The van der Waals surface area contributed by atoms with E-state index in [0.717, 1.165) is 0 Å². The first-order valence-electron chi connectivity index (χ1n) is 2.71. The van der Waals surface area contributed by atoms with Gasteiger partial charge >= 0.3 is 0 Å². The van der Waals surface area contributed by atoms with Crippen LogP contribution in [0, 0.1) is 0 Å². The van der Waals surface area contributed by atoms with Gasteiger partial charge in [-0.2, -0.15) is 0 Å². The summed E-state index contributed by atoms with van der Waals surface area (Å²) in [5.74, 6) is 2.63. The fraction of sp³-hybridized carbons (Fsp3) is 0.333. The van der Waals surface area contributed by atoms with Gasteiger partial charge in [0.2, 0.25) is 0 Å². The summed E-state index contributed by atoms with van der Waals surface area (Å²) in [6.07, 6.45) is 4.73. The predicted octanol–water partition coefficient (Wildman–Crippen LogP) is 0.671. The monoisotopic (exact) mass is 121 g/mol. The van der Waals surface area contributed by atoms with Crippen molar-refractivity contribution in [3.05, 3.63) is 6.20 Å². The molecule has 46 valence electrons. The molecule has 0 aromatic rings. The third kappa shape index (κ3) is 2.02. The van der Waals surface area contributed by atoms with Crippen molar-refractivity contribution < 1.29 is 0 Å². The summed E-state index contributed by atoms with van der Waals surface area (Å²) in [4.78, 5) is 11.6. The molecular weight excluding hydrogens is 114 g/mol. The van der Waals surface area contributed by atoms with Crippen LogP contribution in [0.2, 0.25) is 0 Å². The first kappa shape index (κ1) is 5.92. The zero-order valence-electron chi connectivity index (χ0n) is 5.15. The highest BCUT2D eigenvalue weighted by Gasteiger charge is 1.87. The average Bonchev–Trinajstić information content (AvgIpc) is 1.79. The second kappa shape index (κ2) is 2.95. The Hall–Kier alpha value is -1.21. The summed E-state index contributed by atoms with van der Waals surface area (Å²) in [6, 6.07) is 0. The number of rotatable bonds is 0. The van der Waals surface area contributed by atoms with Gasteiger partial charge in [-0.3, -0.25) is 9.98 Å². The molecule has 0 saturated heterocycles. The Balaban J connectivity index is 2.77. The molecule has 3 heteroatoms. The maximum atomic E-state index is 3.96. The van der Waals surface area contributed by atoms with Gasteiger partial charge in [0.1, 0.15) is 6.17 Å². The van der Waals surface area contributed by atoms with Crippen LogP contribution in [0.1, 0.15) is 6.92 Å². The quantitative estimate of drug-likeness (QED) is 0.451. The van der Waals surface area contributed by atoms with E-state index in [-0.39, 0.29) is 6.17 Å². The normalized spacial score (nSPS) is 23.9. The zero-order valence-corrected chi connectivity index (χ0v) is 5.15. The predicted molar refractivity (Wildman–Crippen MR) is 38.5 cm³/mol.